The van der Waals surface area contributed by atoms with Crippen LogP contribution in [0.1, 0.15) is 41.5 Å². The molecule has 3 aromatic rings. The molecule has 0 saturated carbocycles. The van der Waals surface area contributed by atoms with Crippen LogP contribution in [-0.2, 0) is 5.54 Å². The summed E-state index contributed by atoms with van der Waals surface area (Å²) in [7, 11) is 0. The number of rotatable bonds is 9. The number of para-hydroxylation sites is 1. The molecule has 9 heteroatoms. The predicted octanol–water partition coefficient (Wildman–Crippen LogP) is 3.19. The molecule has 32 heavy (non-hydrogen) atoms. The van der Waals surface area contributed by atoms with E-state index in [9.17, 15) is 5.11 Å². The predicted molar refractivity (Wildman–Crippen MR) is 128 cm³/mol. The minimum atomic E-state index is -0.958. The number of fused-ring (bicyclic) bond motifs is 1. The summed E-state index contributed by atoms with van der Waals surface area (Å²) < 4.78 is 7.68. The number of nitrogens with zero attached hydrogens (tertiary/aromatic N) is 4. The van der Waals surface area contributed by atoms with Crippen molar-refractivity contribution in [1.29, 1.82) is 0 Å². The maximum Gasteiger partial charge on any atom is 0.205 e. The molecule has 0 radical (unpaired) electrons. The van der Waals surface area contributed by atoms with Crippen molar-refractivity contribution in [2.24, 2.45) is 0 Å². The first-order chi connectivity index (χ1) is 15.0. The monoisotopic (exact) mass is 441 g/mol. The molecule has 2 aromatic heterocycles. The number of hydrogen-bond donors (Lipinski definition) is 4. The third-order valence-electron chi connectivity index (χ3n) is 4.63. The molecule has 174 valence electrons. The number of hydrogen-bond acceptors (Lipinski definition) is 8. The summed E-state index contributed by atoms with van der Waals surface area (Å²) in [6.45, 7) is 14.3. The van der Waals surface area contributed by atoms with Gasteiger partial charge in [-0.1, -0.05) is 18.2 Å². The topological polar surface area (TPSA) is 109 Å². The second-order valence-corrected chi connectivity index (χ2v) is 9.72. The zero-order valence-electron chi connectivity index (χ0n) is 19.8. The highest BCUT2D eigenvalue weighted by molar-refractivity contribution is 5.85. The number of aliphatic hydroxyl groups excluding tert-OH is 1. The van der Waals surface area contributed by atoms with Crippen LogP contribution in [0.4, 0.5) is 11.8 Å². The van der Waals surface area contributed by atoms with Crippen LogP contribution >= 0.6 is 0 Å². The Morgan fingerprint density at radius 2 is 1.75 bits per heavy atom. The van der Waals surface area contributed by atoms with Gasteiger partial charge in [-0.15, -0.1) is 0 Å². The molecule has 0 fully saturated rings. The van der Waals surface area contributed by atoms with Gasteiger partial charge in [0.05, 0.1) is 0 Å². The van der Waals surface area contributed by atoms with Crippen molar-refractivity contribution in [3.63, 3.8) is 0 Å². The molecule has 1 unspecified atom stereocenters. The van der Waals surface area contributed by atoms with Gasteiger partial charge in [-0.3, -0.25) is 4.57 Å². The fraction of sp³-hybridized carbons (Fsp3) is 0.522. The maximum absolute atomic E-state index is 10.5. The number of benzene rings is 1. The summed E-state index contributed by atoms with van der Waals surface area (Å²) in [5, 5.41) is 20.3. The van der Waals surface area contributed by atoms with E-state index in [0.717, 1.165) is 6.54 Å². The highest BCUT2D eigenvalue weighted by Crippen LogP contribution is 2.29. The standard InChI is InChI=1S/C23H35N7O2/c1-22(2,3)27-13-12-24-21-29-18-19(25-15-26-20(18)30(21)23(4,5)6)28-17(31)14-32-16-10-8-7-9-11-16/h7-11,15,17,27,31H,12-14H2,1-6H3,(H,24,29)(H,25,26,28). The maximum atomic E-state index is 10.5. The van der Waals surface area contributed by atoms with Gasteiger partial charge in [0.25, 0.3) is 0 Å². The van der Waals surface area contributed by atoms with Crippen molar-refractivity contribution in [1.82, 2.24) is 24.8 Å². The number of aliphatic hydroxyl groups is 1. The van der Waals surface area contributed by atoms with Crippen molar-refractivity contribution in [2.75, 3.05) is 30.3 Å². The van der Waals surface area contributed by atoms with Gasteiger partial charge in [0.1, 0.15) is 18.7 Å². The molecule has 0 aliphatic rings. The van der Waals surface area contributed by atoms with Crippen LogP contribution in [0.3, 0.4) is 0 Å². The van der Waals surface area contributed by atoms with E-state index in [4.69, 9.17) is 9.72 Å². The van der Waals surface area contributed by atoms with Crippen LogP contribution in [0.15, 0.2) is 36.7 Å². The second-order valence-electron chi connectivity index (χ2n) is 9.72. The second kappa shape index (κ2) is 9.70. The van der Waals surface area contributed by atoms with Gasteiger partial charge in [-0.25, -0.2) is 15.0 Å². The molecular weight excluding hydrogens is 406 g/mol. The number of aromatic nitrogens is 4. The summed E-state index contributed by atoms with van der Waals surface area (Å²) >= 11 is 0. The lowest BCUT2D eigenvalue weighted by atomic mass is 10.1. The van der Waals surface area contributed by atoms with Crippen molar-refractivity contribution in [3.05, 3.63) is 36.7 Å². The van der Waals surface area contributed by atoms with E-state index in [2.05, 4.69) is 72.0 Å². The van der Waals surface area contributed by atoms with Gasteiger partial charge in [-0.2, -0.15) is 0 Å². The van der Waals surface area contributed by atoms with Crippen molar-refractivity contribution in [3.8, 4) is 5.75 Å². The first-order valence-corrected chi connectivity index (χ1v) is 10.9. The first kappa shape index (κ1) is 23.7. The lowest BCUT2D eigenvalue weighted by Gasteiger charge is -2.25. The molecule has 0 aliphatic heterocycles. The Bertz CT molecular complexity index is 1010. The van der Waals surface area contributed by atoms with E-state index in [1.165, 1.54) is 6.33 Å². The van der Waals surface area contributed by atoms with Gasteiger partial charge in [0, 0.05) is 24.2 Å². The molecular formula is C23H35N7O2. The Morgan fingerprint density at radius 1 is 1.03 bits per heavy atom. The third-order valence-corrected chi connectivity index (χ3v) is 4.63. The smallest absolute Gasteiger partial charge is 0.205 e. The van der Waals surface area contributed by atoms with Gasteiger partial charge < -0.3 is 25.8 Å². The molecule has 0 saturated heterocycles. The van der Waals surface area contributed by atoms with E-state index >= 15 is 0 Å². The Balaban J connectivity index is 1.78. The first-order valence-electron chi connectivity index (χ1n) is 10.9. The zero-order valence-corrected chi connectivity index (χ0v) is 19.8. The van der Waals surface area contributed by atoms with E-state index in [-0.39, 0.29) is 17.7 Å². The van der Waals surface area contributed by atoms with Crippen LogP contribution in [0.5, 0.6) is 5.75 Å². The molecule has 4 N–H and O–H groups in total. The van der Waals surface area contributed by atoms with Gasteiger partial charge in [0.15, 0.2) is 23.2 Å². The Hall–Kier alpha value is -2.91. The number of imidazole rings is 1. The van der Waals surface area contributed by atoms with Crippen molar-refractivity contribution >= 4 is 22.9 Å². The number of anilines is 2. The summed E-state index contributed by atoms with van der Waals surface area (Å²) in [5.41, 5.74) is 1.08. The molecule has 3 rings (SSSR count). The van der Waals surface area contributed by atoms with Crippen LogP contribution in [-0.4, -0.2) is 56.1 Å². The fourth-order valence-electron chi connectivity index (χ4n) is 3.26. The van der Waals surface area contributed by atoms with E-state index in [0.29, 0.717) is 35.2 Å². The number of nitrogens with one attached hydrogen (secondary N) is 3. The number of ether oxygens (including phenoxy) is 1. The van der Waals surface area contributed by atoms with Crippen LogP contribution in [0, 0.1) is 0 Å². The van der Waals surface area contributed by atoms with Gasteiger partial charge in [-0.05, 0) is 53.7 Å². The summed E-state index contributed by atoms with van der Waals surface area (Å²) in [6.07, 6.45) is 0.519. The van der Waals surface area contributed by atoms with E-state index in [1.807, 2.05) is 30.3 Å². The molecule has 1 atom stereocenters. The third kappa shape index (κ3) is 6.30. The SMILES string of the molecule is CC(C)(C)NCCNc1nc2c(NC(O)COc3ccccc3)ncnc2n1C(C)(C)C. The lowest BCUT2D eigenvalue weighted by molar-refractivity contribution is 0.129. The zero-order chi connectivity index (χ0) is 23.4. The molecule has 0 bridgehead atoms. The quantitative estimate of drug-likeness (QED) is 0.296. The fourth-order valence-corrected chi connectivity index (χ4v) is 3.26. The Morgan fingerprint density at radius 3 is 2.41 bits per heavy atom. The minimum Gasteiger partial charge on any atom is -0.489 e. The molecule has 0 aliphatic carbocycles. The largest absolute Gasteiger partial charge is 0.489 e. The van der Waals surface area contributed by atoms with Crippen LogP contribution < -0.4 is 20.7 Å². The van der Waals surface area contributed by atoms with Gasteiger partial charge >= 0.3 is 0 Å². The molecule has 2 heterocycles. The van der Waals surface area contributed by atoms with Crippen molar-refractivity contribution in [2.45, 2.75) is 58.8 Å². The van der Waals surface area contributed by atoms with Gasteiger partial charge in [0.2, 0.25) is 5.95 Å². The molecule has 0 amide bonds. The Kier molecular flexibility index (Phi) is 7.20. The summed E-state index contributed by atoms with van der Waals surface area (Å²) in [6, 6.07) is 9.36. The minimum absolute atomic E-state index is 0.0480. The summed E-state index contributed by atoms with van der Waals surface area (Å²) in [4.78, 5) is 13.6. The molecule has 1 aromatic carbocycles. The van der Waals surface area contributed by atoms with Crippen molar-refractivity contribution < 1.29 is 9.84 Å². The lowest BCUT2D eigenvalue weighted by Crippen LogP contribution is -2.39. The highest BCUT2D eigenvalue weighted by atomic mass is 16.5. The molecule has 0 spiro atoms. The van der Waals surface area contributed by atoms with Crippen LogP contribution in [0.2, 0.25) is 0 Å². The van der Waals surface area contributed by atoms with E-state index in [1.54, 1.807) is 0 Å². The Labute approximate surface area is 189 Å². The van der Waals surface area contributed by atoms with E-state index < -0.39 is 6.23 Å². The van der Waals surface area contributed by atoms with Crippen LogP contribution in [0.25, 0.3) is 11.2 Å². The average Bonchev–Trinajstić information content (AvgIpc) is 3.10. The normalized spacial score (nSPS) is 13.2. The summed E-state index contributed by atoms with van der Waals surface area (Å²) in [5.74, 6) is 1.85. The molecule has 9 nitrogen and oxygen atoms in total. The highest BCUT2D eigenvalue weighted by Gasteiger charge is 2.25. The average molecular weight is 442 g/mol.